The van der Waals surface area contributed by atoms with Crippen LogP contribution in [0.5, 0.6) is 0 Å². The van der Waals surface area contributed by atoms with E-state index in [1.54, 1.807) is 0 Å². The Morgan fingerprint density at radius 1 is 0.354 bits per heavy atom. The monoisotopic (exact) mass is 615 g/mol. The highest BCUT2D eigenvalue weighted by Crippen LogP contribution is 2.54. The van der Waals surface area contributed by atoms with Gasteiger partial charge >= 0.3 is 0 Å². The molecule has 0 radical (unpaired) electrons. The number of fused-ring (bicyclic) bond motifs is 8. The number of anilines is 6. The quantitative estimate of drug-likeness (QED) is 0.142. The molecule has 0 saturated carbocycles. The van der Waals surface area contributed by atoms with Crippen LogP contribution < -0.4 is 9.80 Å². The zero-order valence-electron chi connectivity index (χ0n) is 26.6. The highest BCUT2D eigenvalue weighted by atomic mass is 15.2. The van der Waals surface area contributed by atoms with Crippen LogP contribution in [0.15, 0.2) is 152 Å². The van der Waals surface area contributed by atoms with Gasteiger partial charge in [-0.15, -0.1) is 0 Å². The predicted octanol–water partition coefficient (Wildman–Crippen LogP) is 11.7. The summed E-state index contributed by atoms with van der Waals surface area (Å²) in [6.45, 7) is 0. The molecule has 1 aromatic heterocycles. The molecule has 8 aromatic rings. The van der Waals surface area contributed by atoms with Crippen LogP contribution in [-0.4, -0.2) is 4.98 Å². The lowest BCUT2D eigenvalue weighted by atomic mass is 9.93. The Morgan fingerprint density at radius 2 is 0.729 bits per heavy atom. The molecule has 10 rings (SSSR count). The molecule has 228 valence electrons. The van der Waals surface area contributed by atoms with Crippen LogP contribution in [0.3, 0.4) is 0 Å². The Kier molecular flexibility index (Phi) is 6.13. The van der Waals surface area contributed by atoms with Crippen LogP contribution in [0.2, 0.25) is 0 Å². The molecular weight excluding hydrogens is 583 g/mol. The molecule has 48 heavy (non-hydrogen) atoms. The topological polar surface area (TPSA) is 19.4 Å². The van der Waals surface area contributed by atoms with Crippen LogP contribution in [0.1, 0.15) is 22.3 Å². The first-order valence-corrected chi connectivity index (χ1v) is 17.0. The maximum Gasteiger partial charge on any atom is 0.0709 e. The largest absolute Gasteiger partial charge is 0.309 e. The van der Waals surface area contributed by atoms with Crippen LogP contribution in [0.4, 0.5) is 34.1 Å². The number of nitrogens with zero attached hydrogens (tertiary/aromatic N) is 3. The summed E-state index contributed by atoms with van der Waals surface area (Å²) >= 11 is 0. The summed E-state index contributed by atoms with van der Waals surface area (Å²) in [7, 11) is 0. The van der Waals surface area contributed by atoms with E-state index in [1.165, 1.54) is 72.5 Å². The second kappa shape index (κ2) is 10.8. The van der Waals surface area contributed by atoms with Gasteiger partial charge in [0.25, 0.3) is 0 Å². The summed E-state index contributed by atoms with van der Waals surface area (Å²) in [5, 5.41) is 5.96. The van der Waals surface area contributed by atoms with Crippen molar-refractivity contribution in [3.63, 3.8) is 0 Å². The van der Waals surface area contributed by atoms with Crippen molar-refractivity contribution in [2.45, 2.75) is 25.7 Å². The first kappa shape index (κ1) is 27.2. The fraction of sp³-hybridized carbons (Fsp3) is 0.0889. The number of benzene rings is 7. The van der Waals surface area contributed by atoms with Gasteiger partial charge in [-0.25, -0.2) is 0 Å². The molecule has 7 aromatic carbocycles. The fourth-order valence-corrected chi connectivity index (χ4v) is 8.27. The highest BCUT2D eigenvalue weighted by Gasteiger charge is 2.31. The average molecular weight is 616 g/mol. The van der Waals surface area contributed by atoms with E-state index in [4.69, 9.17) is 4.98 Å². The minimum absolute atomic E-state index is 1.00. The third-order valence-corrected chi connectivity index (χ3v) is 10.4. The first-order chi connectivity index (χ1) is 23.8. The summed E-state index contributed by atoms with van der Waals surface area (Å²) in [4.78, 5) is 10.2. The summed E-state index contributed by atoms with van der Waals surface area (Å²) < 4.78 is 0. The molecule has 0 saturated heterocycles. The van der Waals surface area contributed by atoms with E-state index in [2.05, 4.69) is 162 Å². The molecule has 0 atom stereocenters. The summed E-state index contributed by atoms with van der Waals surface area (Å²) in [6, 6.07) is 53.5. The second-order valence-corrected chi connectivity index (χ2v) is 13.0. The molecule has 3 heterocycles. The minimum atomic E-state index is 1.00. The zero-order chi connectivity index (χ0) is 31.6. The van der Waals surface area contributed by atoms with Crippen LogP contribution in [0, 0.1) is 0 Å². The maximum atomic E-state index is 5.16. The lowest BCUT2D eigenvalue weighted by Gasteiger charge is -2.34. The average Bonchev–Trinajstić information content (AvgIpc) is 3.42. The van der Waals surface area contributed by atoms with Gasteiger partial charge in [0.2, 0.25) is 0 Å². The molecule has 2 aliphatic heterocycles. The van der Waals surface area contributed by atoms with E-state index in [0.29, 0.717) is 0 Å². The maximum absolute atomic E-state index is 5.16. The second-order valence-electron chi connectivity index (χ2n) is 13.0. The number of hydrogen-bond donors (Lipinski definition) is 0. The van der Waals surface area contributed by atoms with E-state index in [0.717, 1.165) is 42.0 Å². The van der Waals surface area contributed by atoms with Gasteiger partial charge in [-0.2, -0.15) is 0 Å². The fourth-order valence-electron chi connectivity index (χ4n) is 8.27. The minimum Gasteiger partial charge on any atom is -0.309 e. The third-order valence-electron chi connectivity index (χ3n) is 10.4. The smallest absolute Gasteiger partial charge is 0.0709 e. The Balaban J connectivity index is 1.42. The molecule has 2 aliphatic rings. The Labute approximate surface area is 280 Å². The van der Waals surface area contributed by atoms with Gasteiger partial charge in [0.15, 0.2) is 0 Å². The van der Waals surface area contributed by atoms with Crippen molar-refractivity contribution in [1.29, 1.82) is 0 Å². The lowest BCUT2D eigenvalue weighted by molar-refractivity contribution is 0.977. The van der Waals surface area contributed by atoms with Crippen molar-refractivity contribution in [3.8, 4) is 0 Å². The molecule has 3 nitrogen and oxygen atoms in total. The number of aromatic nitrogens is 1. The van der Waals surface area contributed by atoms with E-state index in [1.807, 2.05) is 0 Å². The number of aryl methyl sites for hydroxylation is 4. The highest BCUT2D eigenvalue weighted by molar-refractivity contribution is 6.29. The molecule has 0 spiro atoms. The molecule has 0 fully saturated rings. The van der Waals surface area contributed by atoms with Gasteiger partial charge in [-0.05, 0) is 78.3 Å². The number of para-hydroxylation sites is 5. The standard InChI is InChI=1S/C45H33N3/c1-9-21-39-30(13-1)25-26-31-14-2-10-22-40(31)47(39)44-34-17-5-6-18-35(34)45(43-36-19-7-8-20-38(36)46-29-37(43)44)48-41-23-11-3-15-32(41)27-28-33-16-4-12-24-42(33)48/h1-24,29H,25-28H2. The van der Waals surface area contributed by atoms with Crippen molar-refractivity contribution in [3.05, 3.63) is 174 Å². The molecule has 0 unspecified atom stereocenters. The molecule has 0 N–H and O–H groups in total. The van der Waals surface area contributed by atoms with Crippen molar-refractivity contribution in [2.24, 2.45) is 0 Å². The van der Waals surface area contributed by atoms with Gasteiger partial charge in [-0.3, -0.25) is 4.98 Å². The lowest BCUT2D eigenvalue weighted by Crippen LogP contribution is -2.16. The van der Waals surface area contributed by atoms with Crippen molar-refractivity contribution < 1.29 is 0 Å². The predicted molar refractivity (Wildman–Crippen MR) is 201 cm³/mol. The van der Waals surface area contributed by atoms with Crippen molar-refractivity contribution >= 4 is 66.6 Å². The van der Waals surface area contributed by atoms with Crippen LogP contribution in [-0.2, 0) is 25.7 Å². The normalized spacial score (nSPS) is 13.8. The number of pyridine rings is 1. The summed E-state index contributed by atoms with van der Waals surface area (Å²) in [5.41, 5.74) is 13.8. The summed E-state index contributed by atoms with van der Waals surface area (Å²) in [6.07, 6.45) is 6.14. The van der Waals surface area contributed by atoms with E-state index >= 15 is 0 Å². The molecule has 0 amide bonds. The summed E-state index contributed by atoms with van der Waals surface area (Å²) in [5.74, 6) is 0. The van der Waals surface area contributed by atoms with E-state index in [9.17, 15) is 0 Å². The molecule has 0 bridgehead atoms. The van der Waals surface area contributed by atoms with E-state index in [-0.39, 0.29) is 0 Å². The third kappa shape index (κ3) is 4.04. The Bertz CT molecular complexity index is 2450. The Morgan fingerprint density at radius 3 is 1.23 bits per heavy atom. The Hall–Kier alpha value is -5.93. The number of hydrogen-bond acceptors (Lipinski definition) is 3. The number of rotatable bonds is 2. The van der Waals surface area contributed by atoms with Gasteiger partial charge in [0.05, 0.1) is 16.9 Å². The molecule has 0 aliphatic carbocycles. The van der Waals surface area contributed by atoms with Gasteiger partial charge in [0, 0.05) is 55.9 Å². The van der Waals surface area contributed by atoms with Crippen LogP contribution in [0.25, 0.3) is 32.4 Å². The van der Waals surface area contributed by atoms with Crippen molar-refractivity contribution in [1.82, 2.24) is 4.98 Å². The SMILES string of the molecule is c1ccc2c(c1)CCc1ccccc1N2c1c2ccccc2c(N2c3ccccc3CCc3ccccc32)c2c1cnc1ccccc12. The zero-order valence-corrected chi connectivity index (χ0v) is 26.6. The first-order valence-electron chi connectivity index (χ1n) is 17.0. The molecule has 3 heteroatoms. The van der Waals surface area contributed by atoms with Crippen molar-refractivity contribution in [2.75, 3.05) is 9.80 Å². The van der Waals surface area contributed by atoms with Crippen LogP contribution >= 0.6 is 0 Å². The van der Waals surface area contributed by atoms with Gasteiger partial charge < -0.3 is 9.80 Å². The van der Waals surface area contributed by atoms with E-state index < -0.39 is 0 Å². The van der Waals surface area contributed by atoms with Gasteiger partial charge in [-0.1, -0.05) is 115 Å². The molecular formula is C45H33N3. The van der Waals surface area contributed by atoms with Gasteiger partial charge in [0.1, 0.15) is 0 Å².